The van der Waals surface area contributed by atoms with Crippen molar-refractivity contribution in [2.75, 3.05) is 0 Å². The lowest BCUT2D eigenvalue weighted by atomic mass is 10.1. The van der Waals surface area contributed by atoms with Crippen molar-refractivity contribution in [3.63, 3.8) is 0 Å². The number of rotatable bonds is 4. The van der Waals surface area contributed by atoms with Crippen LogP contribution in [0.5, 0.6) is 5.75 Å². The molecular weight excluding hydrogens is 299 g/mol. The molecule has 110 valence electrons. The first kappa shape index (κ1) is 14.5. The van der Waals surface area contributed by atoms with Gasteiger partial charge < -0.3 is 5.11 Å². The highest BCUT2D eigenvalue weighted by atomic mass is 32.1. The molecule has 0 atom stereocenters. The van der Waals surface area contributed by atoms with Gasteiger partial charge in [-0.05, 0) is 41.5 Å². The Kier molecular flexibility index (Phi) is 4.02. The van der Waals surface area contributed by atoms with Gasteiger partial charge in [0.1, 0.15) is 11.6 Å². The molecule has 0 radical (unpaired) electrons. The van der Waals surface area contributed by atoms with Crippen molar-refractivity contribution in [3.05, 3.63) is 76.9 Å². The van der Waals surface area contributed by atoms with Crippen LogP contribution in [-0.4, -0.2) is 10.9 Å². The highest BCUT2D eigenvalue weighted by Gasteiger charge is 2.13. The van der Waals surface area contributed by atoms with Gasteiger partial charge in [-0.2, -0.15) is 0 Å². The quantitative estimate of drug-likeness (QED) is 0.710. The predicted octanol–water partition coefficient (Wildman–Crippen LogP) is 4.69. The van der Waals surface area contributed by atoms with E-state index in [0.717, 1.165) is 10.4 Å². The van der Waals surface area contributed by atoms with Crippen LogP contribution in [0.4, 0.5) is 4.39 Å². The van der Waals surface area contributed by atoms with E-state index in [9.17, 15) is 14.3 Å². The van der Waals surface area contributed by atoms with E-state index in [2.05, 4.69) is 0 Å². The van der Waals surface area contributed by atoms with E-state index in [1.165, 1.54) is 17.4 Å². The van der Waals surface area contributed by atoms with Crippen LogP contribution in [0.1, 0.15) is 15.2 Å². The number of phenolic OH excluding ortho intramolecular Hbond substituents is 1. The van der Waals surface area contributed by atoms with Crippen LogP contribution >= 0.6 is 11.3 Å². The van der Waals surface area contributed by atoms with Crippen molar-refractivity contribution in [1.29, 1.82) is 0 Å². The largest absolute Gasteiger partial charge is 0.508 e. The molecule has 4 heteroatoms. The van der Waals surface area contributed by atoms with Gasteiger partial charge in [-0.1, -0.05) is 30.3 Å². The number of halogens is 1. The summed E-state index contributed by atoms with van der Waals surface area (Å²) in [7, 11) is 0. The molecular formula is C18H13FO2S. The summed E-state index contributed by atoms with van der Waals surface area (Å²) < 4.78 is 13.6. The van der Waals surface area contributed by atoms with Crippen molar-refractivity contribution in [1.82, 2.24) is 0 Å². The first-order valence-electron chi connectivity index (χ1n) is 6.79. The molecule has 22 heavy (non-hydrogen) atoms. The number of thiophene rings is 1. The minimum absolute atomic E-state index is 0.0483. The summed E-state index contributed by atoms with van der Waals surface area (Å²) >= 11 is 1.34. The summed E-state index contributed by atoms with van der Waals surface area (Å²) in [4.78, 5) is 13.8. The van der Waals surface area contributed by atoms with E-state index >= 15 is 0 Å². The fourth-order valence-corrected chi connectivity index (χ4v) is 3.14. The van der Waals surface area contributed by atoms with Crippen molar-refractivity contribution >= 4 is 17.1 Å². The molecule has 0 saturated heterocycles. The van der Waals surface area contributed by atoms with E-state index in [-0.39, 0.29) is 23.8 Å². The van der Waals surface area contributed by atoms with Gasteiger partial charge in [-0.25, -0.2) is 4.39 Å². The summed E-state index contributed by atoms with van der Waals surface area (Å²) in [5.41, 5.74) is 1.26. The van der Waals surface area contributed by atoms with Crippen LogP contribution in [0.2, 0.25) is 0 Å². The molecule has 0 aliphatic heterocycles. The molecule has 0 bridgehead atoms. The average Bonchev–Trinajstić information content (AvgIpc) is 2.99. The Hall–Kier alpha value is -2.46. The highest BCUT2D eigenvalue weighted by Crippen LogP contribution is 2.30. The first-order valence-corrected chi connectivity index (χ1v) is 7.61. The first-order chi connectivity index (χ1) is 10.6. The average molecular weight is 312 g/mol. The van der Waals surface area contributed by atoms with Gasteiger partial charge in [0.25, 0.3) is 0 Å². The Morgan fingerprint density at radius 2 is 1.86 bits per heavy atom. The maximum Gasteiger partial charge on any atom is 0.177 e. The molecule has 0 fully saturated rings. The summed E-state index contributed by atoms with van der Waals surface area (Å²) in [5, 5.41) is 9.51. The molecule has 0 saturated carbocycles. The highest BCUT2D eigenvalue weighted by molar-refractivity contribution is 7.17. The number of Topliss-reactive ketones (excluding diaryl/α,β-unsaturated/α-hetero) is 1. The summed E-state index contributed by atoms with van der Waals surface area (Å²) in [6.45, 7) is 0. The number of carbonyl (C=O) groups is 1. The van der Waals surface area contributed by atoms with Crippen molar-refractivity contribution < 1.29 is 14.3 Å². The number of ketones is 1. The van der Waals surface area contributed by atoms with Crippen LogP contribution in [0.25, 0.3) is 10.4 Å². The van der Waals surface area contributed by atoms with Crippen LogP contribution in [0, 0.1) is 5.82 Å². The molecule has 2 aromatic carbocycles. The van der Waals surface area contributed by atoms with Crippen molar-refractivity contribution in [2.24, 2.45) is 0 Å². The molecule has 0 spiro atoms. The Labute approximate surface area is 131 Å². The lowest BCUT2D eigenvalue weighted by molar-refractivity contribution is 0.0995. The van der Waals surface area contributed by atoms with Crippen LogP contribution < -0.4 is 0 Å². The second-order valence-corrected chi connectivity index (χ2v) is 5.99. The Balaban J connectivity index is 1.82. The van der Waals surface area contributed by atoms with Gasteiger partial charge in [0.2, 0.25) is 0 Å². The zero-order valence-electron chi connectivity index (χ0n) is 11.6. The van der Waals surface area contributed by atoms with Crippen molar-refractivity contribution in [3.8, 4) is 16.2 Å². The number of carbonyl (C=O) groups excluding carboxylic acids is 1. The Morgan fingerprint density at radius 3 is 2.64 bits per heavy atom. The second kappa shape index (κ2) is 6.12. The topological polar surface area (TPSA) is 37.3 Å². The molecule has 3 aromatic rings. The summed E-state index contributed by atoms with van der Waals surface area (Å²) in [6, 6.07) is 16.8. The van der Waals surface area contributed by atoms with Crippen molar-refractivity contribution in [2.45, 2.75) is 6.42 Å². The van der Waals surface area contributed by atoms with Gasteiger partial charge in [0.15, 0.2) is 5.78 Å². The smallest absolute Gasteiger partial charge is 0.177 e. The Bertz CT molecular complexity index is 823. The zero-order valence-corrected chi connectivity index (χ0v) is 12.4. The number of hydrogen-bond acceptors (Lipinski definition) is 3. The zero-order chi connectivity index (χ0) is 15.5. The normalized spacial score (nSPS) is 10.6. The number of benzene rings is 2. The second-order valence-electron chi connectivity index (χ2n) is 4.91. The van der Waals surface area contributed by atoms with E-state index in [1.54, 1.807) is 42.5 Å². The predicted molar refractivity (Wildman–Crippen MR) is 85.9 cm³/mol. The lowest BCUT2D eigenvalue weighted by Gasteiger charge is -2.01. The molecule has 1 heterocycles. The minimum Gasteiger partial charge on any atom is -0.508 e. The molecule has 1 aromatic heterocycles. The Morgan fingerprint density at radius 1 is 1.05 bits per heavy atom. The van der Waals surface area contributed by atoms with E-state index in [4.69, 9.17) is 0 Å². The maximum atomic E-state index is 13.6. The van der Waals surface area contributed by atoms with E-state index in [0.29, 0.717) is 10.4 Å². The molecule has 0 aliphatic carbocycles. The molecule has 0 amide bonds. The van der Waals surface area contributed by atoms with E-state index in [1.807, 2.05) is 12.1 Å². The standard InChI is InChI=1S/C18H13FO2S/c19-15-7-2-1-4-12(15)11-16(21)18-9-8-17(22-18)13-5-3-6-14(20)10-13/h1-10,20H,11H2. The fourth-order valence-electron chi connectivity index (χ4n) is 2.20. The van der Waals surface area contributed by atoms with Gasteiger partial charge >= 0.3 is 0 Å². The third-order valence-corrected chi connectivity index (χ3v) is 4.50. The van der Waals surface area contributed by atoms with Gasteiger partial charge in [0.05, 0.1) is 4.88 Å². The molecule has 2 nitrogen and oxygen atoms in total. The lowest BCUT2D eigenvalue weighted by Crippen LogP contribution is -2.02. The summed E-state index contributed by atoms with van der Waals surface area (Å²) in [5.74, 6) is -0.285. The van der Waals surface area contributed by atoms with Gasteiger partial charge in [-0.3, -0.25) is 4.79 Å². The fraction of sp³-hybridized carbons (Fsp3) is 0.0556. The molecule has 0 unspecified atom stereocenters. The van der Waals surface area contributed by atoms with Gasteiger partial charge in [0, 0.05) is 11.3 Å². The van der Waals surface area contributed by atoms with Crippen LogP contribution in [-0.2, 0) is 6.42 Å². The van der Waals surface area contributed by atoms with Crippen LogP contribution in [0.15, 0.2) is 60.7 Å². The SMILES string of the molecule is O=C(Cc1ccccc1F)c1ccc(-c2cccc(O)c2)s1. The monoisotopic (exact) mass is 312 g/mol. The molecule has 0 aliphatic rings. The van der Waals surface area contributed by atoms with Gasteiger partial charge in [-0.15, -0.1) is 11.3 Å². The van der Waals surface area contributed by atoms with Crippen LogP contribution in [0.3, 0.4) is 0 Å². The molecule has 1 N–H and O–H groups in total. The third-order valence-electron chi connectivity index (χ3n) is 3.32. The maximum absolute atomic E-state index is 13.6. The minimum atomic E-state index is -0.361. The molecule has 3 rings (SSSR count). The summed E-state index contributed by atoms with van der Waals surface area (Å²) in [6.07, 6.45) is 0.0483. The number of hydrogen-bond donors (Lipinski definition) is 1. The number of phenols is 1. The van der Waals surface area contributed by atoms with E-state index < -0.39 is 0 Å². The number of aromatic hydroxyl groups is 1. The third kappa shape index (κ3) is 3.07.